The Morgan fingerprint density at radius 1 is 1.13 bits per heavy atom. The number of halogens is 1. The standard InChI is InChI=1S/C22H21BrN6O2/c1-13(2)12-24-21(31)18-17(20(30)15-6-4-3-5-7-15)19(14-8-10-16(23)11-9-14)29-22(25-18)26-27-28-29/h3-11,13,19H,12H2,1-2H3,(H,24,31)(H,25,26,28)/t19-/m1/s1. The van der Waals surface area contributed by atoms with Crippen LogP contribution in [0.15, 0.2) is 70.3 Å². The number of carbonyl (C=O) groups is 2. The van der Waals surface area contributed by atoms with Crippen molar-refractivity contribution in [3.8, 4) is 0 Å². The van der Waals surface area contributed by atoms with Gasteiger partial charge in [-0.2, -0.15) is 4.68 Å². The van der Waals surface area contributed by atoms with Crippen LogP contribution in [0.4, 0.5) is 5.95 Å². The van der Waals surface area contributed by atoms with Gasteiger partial charge in [-0.25, -0.2) is 0 Å². The highest BCUT2D eigenvalue weighted by atomic mass is 79.9. The van der Waals surface area contributed by atoms with E-state index < -0.39 is 6.04 Å². The summed E-state index contributed by atoms with van der Waals surface area (Å²) in [7, 11) is 0. The Hall–Kier alpha value is -3.33. The van der Waals surface area contributed by atoms with Crippen molar-refractivity contribution in [2.24, 2.45) is 5.92 Å². The number of aromatic nitrogens is 4. The van der Waals surface area contributed by atoms with Crippen LogP contribution in [0.2, 0.25) is 0 Å². The summed E-state index contributed by atoms with van der Waals surface area (Å²) >= 11 is 3.44. The highest BCUT2D eigenvalue weighted by Crippen LogP contribution is 2.36. The average molecular weight is 481 g/mol. The number of Topliss-reactive ketones (excluding diaryl/α,β-unsaturated/α-hetero) is 1. The van der Waals surface area contributed by atoms with E-state index in [0.29, 0.717) is 18.1 Å². The molecule has 1 atom stereocenters. The number of anilines is 1. The van der Waals surface area contributed by atoms with E-state index in [1.807, 2.05) is 44.2 Å². The molecule has 158 valence electrons. The van der Waals surface area contributed by atoms with E-state index in [1.54, 1.807) is 24.3 Å². The van der Waals surface area contributed by atoms with Crippen LogP contribution in [0, 0.1) is 5.92 Å². The number of allylic oxidation sites excluding steroid dienone is 1. The highest BCUT2D eigenvalue weighted by molar-refractivity contribution is 9.10. The summed E-state index contributed by atoms with van der Waals surface area (Å²) in [6.45, 7) is 4.49. The van der Waals surface area contributed by atoms with Gasteiger partial charge in [0.2, 0.25) is 5.95 Å². The molecule has 1 aromatic heterocycles. The molecule has 4 rings (SSSR count). The summed E-state index contributed by atoms with van der Waals surface area (Å²) in [6, 6.07) is 15.7. The van der Waals surface area contributed by atoms with Crippen LogP contribution in [0.1, 0.15) is 35.8 Å². The first-order valence-corrected chi connectivity index (χ1v) is 10.7. The van der Waals surface area contributed by atoms with Crippen LogP contribution in [-0.2, 0) is 4.79 Å². The largest absolute Gasteiger partial charge is 0.351 e. The Bertz CT molecular complexity index is 1140. The number of fused-ring (bicyclic) bond motifs is 1. The molecule has 1 aliphatic rings. The summed E-state index contributed by atoms with van der Waals surface area (Å²) in [5, 5.41) is 17.7. The number of ketones is 1. The SMILES string of the molecule is CC(C)CNC(=O)C1=C(C(=O)c2ccccc2)[C@@H](c2ccc(Br)cc2)n2nnnc2N1. The topological polar surface area (TPSA) is 102 Å². The molecule has 0 fully saturated rings. The van der Waals surface area contributed by atoms with Crippen molar-refractivity contribution in [2.45, 2.75) is 19.9 Å². The van der Waals surface area contributed by atoms with E-state index in [4.69, 9.17) is 0 Å². The van der Waals surface area contributed by atoms with Crippen molar-refractivity contribution < 1.29 is 9.59 Å². The maximum Gasteiger partial charge on any atom is 0.268 e. The van der Waals surface area contributed by atoms with E-state index in [9.17, 15) is 9.59 Å². The molecule has 3 aromatic rings. The molecule has 1 amide bonds. The van der Waals surface area contributed by atoms with Gasteiger partial charge in [0.1, 0.15) is 11.7 Å². The molecule has 0 saturated heterocycles. The molecule has 0 radical (unpaired) electrons. The van der Waals surface area contributed by atoms with Crippen LogP contribution >= 0.6 is 15.9 Å². The van der Waals surface area contributed by atoms with Gasteiger partial charge in [0.25, 0.3) is 5.91 Å². The van der Waals surface area contributed by atoms with Crippen LogP contribution in [0.5, 0.6) is 0 Å². The van der Waals surface area contributed by atoms with Crippen molar-refractivity contribution >= 4 is 33.6 Å². The minimum Gasteiger partial charge on any atom is -0.351 e. The van der Waals surface area contributed by atoms with Crippen molar-refractivity contribution in [2.75, 3.05) is 11.9 Å². The second-order valence-corrected chi connectivity index (χ2v) is 8.53. The fourth-order valence-corrected chi connectivity index (χ4v) is 3.65. The number of tetrazole rings is 1. The van der Waals surface area contributed by atoms with E-state index in [-0.39, 0.29) is 28.9 Å². The second-order valence-electron chi connectivity index (χ2n) is 7.61. The molecule has 0 aliphatic carbocycles. The van der Waals surface area contributed by atoms with Gasteiger partial charge in [0, 0.05) is 16.6 Å². The summed E-state index contributed by atoms with van der Waals surface area (Å²) in [6.07, 6.45) is 0. The zero-order chi connectivity index (χ0) is 22.0. The number of benzene rings is 2. The van der Waals surface area contributed by atoms with Gasteiger partial charge in [-0.1, -0.05) is 77.3 Å². The summed E-state index contributed by atoms with van der Waals surface area (Å²) < 4.78 is 2.43. The van der Waals surface area contributed by atoms with Gasteiger partial charge in [-0.15, -0.1) is 0 Å². The fourth-order valence-electron chi connectivity index (χ4n) is 3.39. The molecule has 0 unspecified atom stereocenters. The van der Waals surface area contributed by atoms with E-state index in [1.165, 1.54) is 4.68 Å². The number of nitrogens with one attached hydrogen (secondary N) is 2. The maximum atomic E-state index is 13.7. The Kier molecular flexibility index (Phi) is 5.94. The number of hydrogen-bond acceptors (Lipinski definition) is 6. The Morgan fingerprint density at radius 2 is 1.84 bits per heavy atom. The first-order chi connectivity index (χ1) is 15.0. The van der Waals surface area contributed by atoms with Crippen molar-refractivity contribution in [3.05, 3.63) is 81.5 Å². The highest BCUT2D eigenvalue weighted by Gasteiger charge is 2.38. The van der Waals surface area contributed by atoms with Crippen molar-refractivity contribution in [3.63, 3.8) is 0 Å². The molecule has 8 nitrogen and oxygen atoms in total. The normalized spacial score (nSPS) is 15.4. The lowest BCUT2D eigenvalue weighted by Gasteiger charge is -2.28. The van der Waals surface area contributed by atoms with Gasteiger partial charge in [0.15, 0.2) is 5.78 Å². The Labute approximate surface area is 187 Å². The number of rotatable bonds is 6. The number of carbonyl (C=O) groups excluding carboxylic acids is 2. The van der Waals surface area contributed by atoms with Crippen molar-refractivity contribution in [1.29, 1.82) is 0 Å². The zero-order valence-electron chi connectivity index (χ0n) is 17.0. The maximum absolute atomic E-state index is 13.7. The van der Waals surface area contributed by atoms with Crippen LogP contribution in [0.3, 0.4) is 0 Å². The first kappa shape index (κ1) is 20.9. The number of amides is 1. The molecular weight excluding hydrogens is 460 g/mol. The lowest BCUT2D eigenvalue weighted by Crippen LogP contribution is -2.38. The molecule has 2 heterocycles. The van der Waals surface area contributed by atoms with Gasteiger partial charge in [-0.3, -0.25) is 9.59 Å². The molecule has 9 heteroatoms. The zero-order valence-corrected chi connectivity index (χ0v) is 18.6. The Balaban J connectivity index is 1.89. The van der Waals surface area contributed by atoms with Gasteiger partial charge in [0.05, 0.1) is 5.57 Å². The van der Waals surface area contributed by atoms with Gasteiger partial charge in [-0.05, 0) is 34.0 Å². The molecule has 2 aromatic carbocycles. The van der Waals surface area contributed by atoms with Crippen LogP contribution < -0.4 is 10.6 Å². The minimum atomic E-state index is -0.660. The molecule has 1 aliphatic heterocycles. The molecule has 0 spiro atoms. The summed E-state index contributed by atoms with van der Waals surface area (Å²) in [4.78, 5) is 26.8. The second kappa shape index (κ2) is 8.81. The lowest BCUT2D eigenvalue weighted by molar-refractivity contribution is -0.117. The lowest BCUT2D eigenvalue weighted by atomic mass is 9.89. The number of hydrogen-bond donors (Lipinski definition) is 2. The minimum absolute atomic E-state index is 0.157. The van der Waals surface area contributed by atoms with Gasteiger partial charge < -0.3 is 10.6 Å². The monoisotopic (exact) mass is 480 g/mol. The first-order valence-electron chi connectivity index (χ1n) is 9.88. The summed E-state index contributed by atoms with van der Waals surface area (Å²) in [5.41, 5.74) is 1.71. The summed E-state index contributed by atoms with van der Waals surface area (Å²) in [5.74, 6) is -0.0811. The predicted octanol–water partition coefficient (Wildman–Crippen LogP) is 3.36. The predicted molar refractivity (Wildman–Crippen MR) is 119 cm³/mol. The molecule has 31 heavy (non-hydrogen) atoms. The van der Waals surface area contributed by atoms with E-state index in [0.717, 1.165) is 10.0 Å². The fraction of sp³-hybridized carbons (Fsp3) is 0.227. The smallest absolute Gasteiger partial charge is 0.268 e. The van der Waals surface area contributed by atoms with Crippen LogP contribution in [-0.4, -0.2) is 38.4 Å². The van der Waals surface area contributed by atoms with E-state index >= 15 is 0 Å². The molecule has 2 N–H and O–H groups in total. The van der Waals surface area contributed by atoms with E-state index in [2.05, 4.69) is 42.1 Å². The molecular formula is C22H21BrN6O2. The number of nitrogens with zero attached hydrogens (tertiary/aromatic N) is 4. The quantitative estimate of drug-likeness (QED) is 0.524. The third kappa shape index (κ3) is 4.27. The van der Waals surface area contributed by atoms with Gasteiger partial charge >= 0.3 is 0 Å². The third-order valence-electron chi connectivity index (χ3n) is 4.88. The van der Waals surface area contributed by atoms with Crippen molar-refractivity contribution in [1.82, 2.24) is 25.5 Å². The molecule has 0 bridgehead atoms. The molecule has 0 saturated carbocycles. The average Bonchev–Trinajstić information content (AvgIpc) is 3.25. The Morgan fingerprint density at radius 3 is 2.52 bits per heavy atom. The van der Waals surface area contributed by atoms with Crippen LogP contribution in [0.25, 0.3) is 0 Å². The third-order valence-corrected chi connectivity index (χ3v) is 5.41.